The van der Waals surface area contributed by atoms with Crippen LogP contribution in [0, 0.1) is 5.92 Å². The second-order valence-electron chi connectivity index (χ2n) is 6.61. The summed E-state index contributed by atoms with van der Waals surface area (Å²) in [5.74, 6) is 1.30. The third-order valence-electron chi connectivity index (χ3n) is 4.94. The van der Waals surface area contributed by atoms with Crippen molar-refractivity contribution in [2.45, 2.75) is 50.5 Å². The highest BCUT2D eigenvalue weighted by atomic mass is 16.5. The first kappa shape index (κ1) is 15.3. The fourth-order valence-electron chi connectivity index (χ4n) is 3.60. The number of ether oxygens (including phenoxy) is 1. The van der Waals surface area contributed by atoms with E-state index in [0.29, 0.717) is 25.4 Å². The van der Waals surface area contributed by atoms with Gasteiger partial charge in [-0.2, -0.15) is 0 Å². The zero-order valence-corrected chi connectivity index (χ0v) is 13.0. The number of carbonyl (C=O) groups excluding carboxylic acids is 1. The van der Waals surface area contributed by atoms with Crippen LogP contribution >= 0.6 is 0 Å². The predicted molar refractivity (Wildman–Crippen MR) is 84.7 cm³/mol. The molecule has 120 valence electrons. The lowest BCUT2D eigenvalue weighted by molar-refractivity contribution is -0.124. The van der Waals surface area contributed by atoms with E-state index in [9.17, 15) is 9.90 Å². The van der Waals surface area contributed by atoms with Crippen molar-refractivity contribution in [2.24, 2.45) is 5.92 Å². The second-order valence-corrected chi connectivity index (χ2v) is 6.61. The van der Waals surface area contributed by atoms with E-state index < -0.39 is 5.60 Å². The zero-order valence-electron chi connectivity index (χ0n) is 13.0. The maximum Gasteiger partial charge on any atom is 0.220 e. The number of rotatable bonds is 4. The number of nitrogens with one attached hydrogen (secondary N) is 1. The molecule has 4 nitrogen and oxygen atoms in total. The van der Waals surface area contributed by atoms with Crippen molar-refractivity contribution in [2.75, 3.05) is 13.2 Å². The van der Waals surface area contributed by atoms with Crippen LogP contribution in [0.15, 0.2) is 24.3 Å². The van der Waals surface area contributed by atoms with Crippen molar-refractivity contribution in [3.63, 3.8) is 0 Å². The molecular formula is C18H25NO3. The standard InChI is InChI=1S/C18H25NO3/c20-17(12-14-6-2-1-3-7-14)19-13-18(21)10-11-22-16-9-5-4-8-15(16)18/h4-5,8-9,14,21H,1-3,6-7,10-13H2,(H,19,20). The van der Waals surface area contributed by atoms with E-state index in [-0.39, 0.29) is 12.5 Å². The Labute approximate surface area is 131 Å². The topological polar surface area (TPSA) is 58.6 Å². The molecule has 3 rings (SSSR count). The van der Waals surface area contributed by atoms with Gasteiger partial charge in [-0.25, -0.2) is 0 Å². The van der Waals surface area contributed by atoms with Gasteiger partial charge in [-0.05, 0) is 24.8 Å². The monoisotopic (exact) mass is 303 g/mol. The summed E-state index contributed by atoms with van der Waals surface area (Å²) < 4.78 is 5.57. The van der Waals surface area contributed by atoms with Crippen molar-refractivity contribution < 1.29 is 14.6 Å². The highest BCUT2D eigenvalue weighted by Gasteiger charge is 2.35. The van der Waals surface area contributed by atoms with Crippen molar-refractivity contribution in [1.82, 2.24) is 5.32 Å². The van der Waals surface area contributed by atoms with Crippen LogP contribution in [-0.4, -0.2) is 24.2 Å². The number of carbonyl (C=O) groups is 1. The molecular weight excluding hydrogens is 278 g/mol. The number of hydrogen-bond donors (Lipinski definition) is 2. The van der Waals surface area contributed by atoms with Crippen LogP contribution < -0.4 is 10.1 Å². The first-order valence-corrected chi connectivity index (χ1v) is 8.39. The van der Waals surface area contributed by atoms with E-state index in [2.05, 4.69) is 5.32 Å². The van der Waals surface area contributed by atoms with E-state index in [1.807, 2.05) is 24.3 Å². The molecule has 2 N–H and O–H groups in total. The van der Waals surface area contributed by atoms with Gasteiger partial charge in [-0.15, -0.1) is 0 Å². The van der Waals surface area contributed by atoms with E-state index in [1.54, 1.807) is 0 Å². The Balaban J connectivity index is 1.57. The molecule has 0 spiro atoms. The van der Waals surface area contributed by atoms with Crippen LogP contribution in [-0.2, 0) is 10.4 Å². The van der Waals surface area contributed by atoms with Gasteiger partial charge in [-0.3, -0.25) is 4.79 Å². The molecule has 22 heavy (non-hydrogen) atoms. The number of para-hydroxylation sites is 1. The summed E-state index contributed by atoms with van der Waals surface area (Å²) in [5.41, 5.74) is -0.240. The number of aliphatic hydroxyl groups is 1. The van der Waals surface area contributed by atoms with Gasteiger partial charge in [0.15, 0.2) is 0 Å². The molecule has 1 unspecified atom stereocenters. The van der Waals surface area contributed by atoms with Gasteiger partial charge in [0.05, 0.1) is 13.2 Å². The van der Waals surface area contributed by atoms with Gasteiger partial charge in [0, 0.05) is 18.4 Å². The molecule has 1 amide bonds. The molecule has 1 heterocycles. The molecule has 0 aromatic heterocycles. The molecule has 2 aliphatic rings. The molecule has 1 fully saturated rings. The third kappa shape index (κ3) is 3.43. The summed E-state index contributed by atoms with van der Waals surface area (Å²) in [5, 5.41) is 13.8. The van der Waals surface area contributed by atoms with Gasteiger partial charge >= 0.3 is 0 Å². The fraction of sp³-hybridized carbons (Fsp3) is 0.611. The highest BCUT2D eigenvalue weighted by Crippen LogP contribution is 2.36. The van der Waals surface area contributed by atoms with Crippen molar-refractivity contribution in [1.29, 1.82) is 0 Å². The quantitative estimate of drug-likeness (QED) is 0.899. The van der Waals surface area contributed by atoms with Gasteiger partial charge < -0.3 is 15.2 Å². The van der Waals surface area contributed by atoms with Crippen LogP contribution in [0.5, 0.6) is 5.75 Å². The predicted octanol–water partition coefficient (Wildman–Crippen LogP) is 2.74. The maximum atomic E-state index is 12.2. The first-order valence-electron chi connectivity index (χ1n) is 8.39. The van der Waals surface area contributed by atoms with E-state index in [0.717, 1.165) is 24.2 Å². The Bertz CT molecular complexity index is 525. The fourth-order valence-corrected chi connectivity index (χ4v) is 3.60. The molecule has 4 heteroatoms. The molecule has 1 aliphatic carbocycles. The van der Waals surface area contributed by atoms with Crippen LogP contribution in [0.1, 0.15) is 50.5 Å². The van der Waals surface area contributed by atoms with Crippen LogP contribution in [0.2, 0.25) is 0 Å². The van der Waals surface area contributed by atoms with Gasteiger partial charge in [0.2, 0.25) is 5.91 Å². The average molecular weight is 303 g/mol. The van der Waals surface area contributed by atoms with Crippen LogP contribution in [0.25, 0.3) is 0 Å². The Kier molecular flexibility index (Phi) is 4.67. The van der Waals surface area contributed by atoms with Gasteiger partial charge in [0.25, 0.3) is 0 Å². The second kappa shape index (κ2) is 6.69. The Hall–Kier alpha value is -1.55. The molecule has 1 aliphatic heterocycles. The summed E-state index contributed by atoms with van der Waals surface area (Å²) in [4.78, 5) is 12.2. The molecule has 0 saturated heterocycles. The van der Waals surface area contributed by atoms with Gasteiger partial charge in [0.1, 0.15) is 11.4 Å². The minimum atomic E-state index is -1.02. The van der Waals surface area contributed by atoms with Crippen molar-refractivity contribution in [3.8, 4) is 5.75 Å². The highest BCUT2D eigenvalue weighted by molar-refractivity contribution is 5.76. The Morgan fingerprint density at radius 1 is 1.27 bits per heavy atom. The molecule has 1 atom stereocenters. The number of benzene rings is 1. The molecule has 1 saturated carbocycles. The molecule has 0 bridgehead atoms. The normalized spacial score (nSPS) is 25.1. The summed E-state index contributed by atoms with van der Waals surface area (Å²) in [7, 11) is 0. The lowest BCUT2D eigenvalue weighted by Crippen LogP contribution is -2.44. The molecule has 1 aromatic rings. The SMILES string of the molecule is O=C(CC1CCCCC1)NCC1(O)CCOc2ccccc21. The van der Waals surface area contributed by atoms with Crippen molar-refractivity contribution >= 4 is 5.91 Å². The van der Waals surface area contributed by atoms with Crippen molar-refractivity contribution in [3.05, 3.63) is 29.8 Å². The van der Waals surface area contributed by atoms with Crippen LogP contribution in [0.4, 0.5) is 0 Å². The first-order chi connectivity index (χ1) is 10.7. The lowest BCUT2D eigenvalue weighted by Gasteiger charge is -2.34. The minimum Gasteiger partial charge on any atom is -0.493 e. The van der Waals surface area contributed by atoms with Crippen LogP contribution in [0.3, 0.4) is 0 Å². The number of amides is 1. The maximum absolute atomic E-state index is 12.2. The lowest BCUT2D eigenvalue weighted by atomic mass is 9.86. The largest absolute Gasteiger partial charge is 0.493 e. The number of fused-ring (bicyclic) bond motifs is 1. The minimum absolute atomic E-state index is 0.0595. The summed E-state index contributed by atoms with van der Waals surface area (Å²) in [6.07, 6.45) is 7.21. The summed E-state index contributed by atoms with van der Waals surface area (Å²) in [6, 6.07) is 7.53. The third-order valence-corrected chi connectivity index (χ3v) is 4.94. The Morgan fingerprint density at radius 2 is 2.05 bits per heavy atom. The van der Waals surface area contributed by atoms with Gasteiger partial charge in [-0.1, -0.05) is 37.5 Å². The van der Waals surface area contributed by atoms with E-state index >= 15 is 0 Å². The average Bonchev–Trinajstić information content (AvgIpc) is 2.55. The molecule has 1 aromatic carbocycles. The summed E-state index contributed by atoms with van der Waals surface area (Å²) in [6.45, 7) is 0.741. The Morgan fingerprint density at radius 3 is 2.86 bits per heavy atom. The van der Waals surface area contributed by atoms with E-state index in [1.165, 1.54) is 19.3 Å². The smallest absolute Gasteiger partial charge is 0.220 e. The summed E-state index contributed by atoms with van der Waals surface area (Å²) >= 11 is 0. The molecule has 0 radical (unpaired) electrons. The van der Waals surface area contributed by atoms with E-state index in [4.69, 9.17) is 4.74 Å². The zero-order chi connectivity index (χ0) is 15.4. The number of hydrogen-bond acceptors (Lipinski definition) is 3.